The number of para-hydroxylation sites is 1. The Balaban J connectivity index is 2.04. The van der Waals surface area contributed by atoms with Crippen LogP contribution in [0.4, 0.5) is 0 Å². The fourth-order valence-corrected chi connectivity index (χ4v) is 3.36. The van der Waals surface area contributed by atoms with E-state index in [4.69, 9.17) is 10.5 Å². The summed E-state index contributed by atoms with van der Waals surface area (Å²) in [4.78, 5) is 2.47. The highest BCUT2D eigenvalue weighted by molar-refractivity contribution is 5.33. The molecule has 2 rings (SSSR count). The summed E-state index contributed by atoms with van der Waals surface area (Å²) in [5.41, 5.74) is 7.23. The minimum atomic E-state index is 0.614. The van der Waals surface area contributed by atoms with Crippen LogP contribution in [0.25, 0.3) is 0 Å². The second-order valence-electron chi connectivity index (χ2n) is 5.80. The Bertz CT molecular complexity index is 408. The van der Waals surface area contributed by atoms with Crippen LogP contribution in [0.15, 0.2) is 24.3 Å². The molecule has 1 aromatic carbocycles. The van der Waals surface area contributed by atoms with E-state index in [0.717, 1.165) is 25.4 Å². The smallest absolute Gasteiger partial charge is 0.123 e. The standard InChI is InChI=1S/C17H28N2O/c1-3-20-17-11-7-5-9-15(17)13-19(2)16-10-6-4-8-14(16)12-18/h5,7,9,11,14,16H,3-4,6,8,10,12-13,18H2,1-2H3. The van der Waals surface area contributed by atoms with Gasteiger partial charge in [0.15, 0.2) is 0 Å². The van der Waals surface area contributed by atoms with Gasteiger partial charge in [0.25, 0.3) is 0 Å². The number of ether oxygens (including phenoxy) is 1. The van der Waals surface area contributed by atoms with E-state index in [-0.39, 0.29) is 0 Å². The van der Waals surface area contributed by atoms with Gasteiger partial charge in [-0.05, 0) is 45.3 Å². The first-order valence-corrected chi connectivity index (χ1v) is 7.87. The molecule has 0 bridgehead atoms. The van der Waals surface area contributed by atoms with Crippen molar-refractivity contribution in [2.45, 2.75) is 45.2 Å². The summed E-state index contributed by atoms with van der Waals surface area (Å²) in [6.07, 6.45) is 5.22. The van der Waals surface area contributed by atoms with Gasteiger partial charge >= 0.3 is 0 Å². The molecular weight excluding hydrogens is 248 g/mol. The van der Waals surface area contributed by atoms with Gasteiger partial charge in [-0.15, -0.1) is 0 Å². The Hall–Kier alpha value is -1.06. The Morgan fingerprint density at radius 2 is 2.00 bits per heavy atom. The number of rotatable bonds is 6. The third kappa shape index (κ3) is 3.74. The third-order valence-corrected chi connectivity index (χ3v) is 4.43. The van der Waals surface area contributed by atoms with Crippen molar-refractivity contribution in [1.29, 1.82) is 0 Å². The fraction of sp³-hybridized carbons (Fsp3) is 0.647. The summed E-state index contributed by atoms with van der Waals surface area (Å²) in [6.45, 7) is 4.50. The van der Waals surface area contributed by atoms with E-state index in [1.54, 1.807) is 0 Å². The van der Waals surface area contributed by atoms with Crippen molar-refractivity contribution in [3.63, 3.8) is 0 Å². The first kappa shape index (κ1) is 15.3. The zero-order valence-corrected chi connectivity index (χ0v) is 12.8. The van der Waals surface area contributed by atoms with Crippen LogP contribution in [-0.4, -0.2) is 31.1 Å². The second kappa shape index (κ2) is 7.65. The van der Waals surface area contributed by atoms with Crippen molar-refractivity contribution in [3.8, 4) is 5.75 Å². The normalized spacial score (nSPS) is 23.0. The molecule has 1 fully saturated rings. The number of hydrogen-bond donors (Lipinski definition) is 1. The lowest BCUT2D eigenvalue weighted by Crippen LogP contribution is -2.42. The molecule has 2 atom stereocenters. The van der Waals surface area contributed by atoms with E-state index in [1.165, 1.54) is 31.2 Å². The van der Waals surface area contributed by atoms with E-state index in [2.05, 4.69) is 30.1 Å². The summed E-state index contributed by atoms with van der Waals surface area (Å²) in [5.74, 6) is 1.66. The topological polar surface area (TPSA) is 38.5 Å². The molecule has 1 aliphatic rings. The van der Waals surface area contributed by atoms with Crippen LogP contribution in [0.3, 0.4) is 0 Å². The highest BCUT2D eigenvalue weighted by Crippen LogP contribution is 2.29. The van der Waals surface area contributed by atoms with Gasteiger partial charge in [0.2, 0.25) is 0 Å². The predicted molar refractivity (Wildman–Crippen MR) is 83.9 cm³/mol. The highest BCUT2D eigenvalue weighted by Gasteiger charge is 2.27. The average molecular weight is 276 g/mol. The molecule has 0 radical (unpaired) electrons. The molecule has 0 amide bonds. The molecule has 2 unspecified atom stereocenters. The van der Waals surface area contributed by atoms with Gasteiger partial charge in [0, 0.05) is 18.2 Å². The average Bonchev–Trinajstić information content (AvgIpc) is 2.49. The van der Waals surface area contributed by atoms with Crippen LogP contribution >= 0.6 is 0 Å². The molecule has 1 saturated carbocycles. The Morgan fingerprint density at radius 3 is 2.75 bits per heavy atom. The Kier molecular flexibility index (Phi) is 5.86. The third-order valence-electron chi connectivity index (χ3n) is 4.43. The number of nitrogens with two attached hydrogens (primary N) is 1. The van der Waals surface area contributed by atoms with Gasteiger partial charge in [-0.3, -0.25) is 4.90 Å². The van der Waals surface area contributed by atoms with E-state index in [0.29, 0.717) is 12.0 Å². The zero-order valence-electron chi connectivity index (χ0n) is 12.8. The fourth-order valence-electron chi connectivity index (χ4n) is 3.36. The Labute approximate surface area is 123 Å². The molecule has 0 heterocycles. The maximum absolute atomic E-state index is 5.95. The molecule has 0 spiro atoms. The number of benzene rings is 1. The molecular formula is C17H28N2O. The van der Waals surface area contributed by atoms with E-state index in [1.807, 2.05) is 13.0 Å². The van der Waals surface area contributed by atoms with Crippen molar-refractivity contribution in [1.82, 2.24) is 4.90 Å². The van der Waals surface area contributed by atoms with Gasteiger partial charge in [-0.25, -0.2) is 0 Å². The summed E-state index contributed by atoms with van der Waals surface area (Å²) < 4.78 is 5.73. The molecule has 0 saturated heterocycles. The lowest BCUT2D eigenvalue weighted by atomic mass is 9.83. The molecule has 1 aromatic rings. The second-order valence-corrected chi connectivity index (χ2v) is 5.80. The minimum Gasteiger partial charge on any atom is -0.494 e. The first-order valence-electron chi connectivity index (χ1n) is 7.87. The molecule has 112 valence electrons. The van der Waals surface area contributed by atoms with Gasteiger partial charge in [0.05, 0.1) is 6.61 Å². The van der Waals surface area contributed by atoms with Crippen molar-refractivity contribution in [2.24, 2.45) is 11.7 Å². The van der Waals surface area contributed by atoms with Crippen LogP contribution in [0, 0.1) is 5.92 Å². The molecule has 0 aromatic heterocycles. The van der Waals surface area contributed by atoms with Crippen molar-refractivity contribution < 1.29 is 4.74 Å². The van der Waals surface area contributed by atoms with Crippen LogP contribution in [-0.2, 0) is 6.54 Å². The van der Waals surface area contributed by atoms with Gasteiger partial charge in [0.1, 0.15) is 5.75 Å². The van der Waals surface area contributed by atoms with Crippen molar-refractivity contribution >= 4 is 0 Å². The van der Waals surface area contributed by atoms with Crippen molar-refractivity contribution in [2.75, 3.05) is 20.2 Å². The largest absolute Gasteiger partial charge is 0.494 e. The zero-order chi connectivity index (χ0) is 14.4. The van der Waals surface area contributed by atoms with Crippen LogP contribution in [0.1, 0.15) is 38.2 Å². The summed E-state index contributed by atoms with van der Waals surface area (Å²) in [5, 5.41) is 0. The predicted octanol–water partition coefficient (Wildman–Crippen LogP) is 3.03. The van der Waals surface area contributed by atoms with E-state index in [9.17, 15) is 0 Å². The van der Waals surface area contributed by atoms with Crippen molar-refractivity contribution in [3.05, 3.63) is 29.8 Å². The quantitative estimate of drug-likeness (QED) is 0.868. The SMILES string of the molecule is CCOc1ccccc1CN(C)C1CCCCC1CN. The molecule has 3 nitrogen and oxygen atoms in total. The van der Waals surface area contributed by atoms with Gasteiger partial charge in [-0.2, -0.15) is 0 Å². The lowest BCUT2D eigenvalue weighted by molar-refractivity contribution is 0.126. The lowest BCUT2D eigenvalue weighted by Gasteiger charge is -2.37. The van der Waals surface area contributed by atoms with Gasteiger partial charge < -0.3 is 10.5 Å². The molecule has 1 aliphatic carbocycles. The minimum absolute atomic E-state index is 0.614. The van der Waals surface area contributed by atoms with Crippen LogP contribution < -0.4 is 10.5 Å². The molecule has 3 heteroatoms. The van der Waals surface area contributed by atoms with Gasteiger partial charge in [-0.1, -0.05) is 31.0 Å². The highest BCUT2D eigenvalue weighted by atomic mass is 16.5. The maximum Gasteiger partial charge on any atom is 0.123 e. The molecule has 2 N–H and O–H groups in total. The molecule has 0 aliphatic heterocycles. The monoisotopic (exact) mass is 276 g/mol. The summed E-state index contributed by atoms with van der Waals surface area (Å²) in [7, 11) is 2.22. The van der Waals surface area contributed by atoms with E-state index >= 15 is 0 Å². The number of nitrogens with zero attached hydrogens (tertiary/aromatic N) is 1. The maximum atomic E-state index is 5.95. The number of hydrogen-bond acceptors (Lipinski definition) is 3. The van der Waals surface area contributed by atoms with E-state index < -0.39 is 0 Å². The molecule has 20 heavy (non-hydrogen) atoms. The first-order chi connectivity index (χ1) is 9.76. The Morgan fingerprint density at radius 1 is 1.25 bits per heavy atom. The van der Waals surface area contributed by atoms with Crippen LogP contribution in [0.5, 0.6) is 5.75 Å². The summed E-state index contributed by atoms with van der Waals surface area (Å²) in [6, 6.07) is 8.98. The van der Waals surface area contributed by atoms with Crippen LogP contribution in [0.2, 0.25) is 0 Å². The summed E-state index contributed by atoms with van der Waals surface area (Å²) >= 11 is 0.